The molecule has 4 nitrogen and oxygen atoms in total. The van der Waals surface area contributed by atoms with E-state index < -0.39 is 8.07 Å². The molecule has 146 valence electrons. The fourth-order valence-corrected chi connectivity index (χ4v) is 6.92. The number of nitrogens with zero attached hydrogens (tertiary/aromatic N) is 3. The maximum absolute atomic E-state index is 6.62. The van der Waals surface area contributed by atoms with Crippen molar-refractivity contribution in [3.05, 3.63) is 52.4 Å². The number of para-hydroxylation sites is 1. The van der Waals surface area contributed by atoms with E-state index in [2.05, 4.69) is 80.0 Å². The van der Waals surface area contributed by atoms with E-state index in [1.807, 2.05) is 6.34 Å². The molecule has 5 heteroatoms. The molecule has 3 aliphatic rings. The standard InChI is InChI=1S/C24H26N3OSi/c1-13-11-16-15-9-7-8-10-17(15)27-20(16)18(14(13)2)21-19-22(27)24(29(4,5)6)28-23(19)25-12-26(21)3/h7-12,19,23H,1-6H3/q+1. The van der Waals surface area contributed by atoms with Gasteiger partial charge in [0.1, 0.15) is 25.1 Å². The van der Waals surface area contributed by atoms with Crippen molar-refractivity contribution in [2.45, 2.75) is 39.7 Å². The van der Waals surface area contributed by atoms with E-state index in [9.17, 15) is 0 Å². The van der Waals surface area contributed by atoms with Crippen molar-refractivity contribution in [2.75, 3.05) is 7.05 Å². The molecule has 0 saturated heterocycles. The highest BCUT2D eigenvalue weighted by Gasteiger charge is 2.54. The number of ether oxygens (including phenoxy) is 1. The number of benzene rings is 2. The lowest BCUT2D eigenvalue weighted by Crippen LogP contribution is -2.40. The van der Waals surface area contributed by atoms with Crippen LogP contribution in [0.5, 0.6) is 0 Å². The molecule has 0 spiro atoms. The summed E-state index contributed by atoms with van der Waals surface area (Å²) in [6, 6.07) is 11.2. The molecule has 0 N–H and O–H groups in total. The summed E-state index contributed by atoms with van der Waals surface area (Å²) in [5.74, 6) is 0.152. The average Bonchev–Trinajstić information content (AvgIpc) is 3.21. The van der Waals surface area contributed by atoms with Gasteiger partial charge in [-0.05, 0) is 42.1 Å². The lowest BCUT2D eigenvalue weighted by Gasteiger charge is -2.29. The second-order valence-corrected chi connectivity index (χ2v) is 14.6. The van der Waals surface area contributed by atoms with E-state index in [1.54, 1.807) is 0 Å². The number of fused-ring (bicyclic) bond motifs is 5. The summed E-state index contributed by atoms with van der Waals surface area (Å²) in [5.41, 5.74) is 9.34. The van der Waals surface area contributed by atoms with Crippen LogP contribution in [0.3, 0.4) is 0 Å². The number of hydrogen-bond acceptors (Lipinski definition) is 2. The molecule has 0 saturated carbocycles. The molecule has 2 atom stereocenters. The van der Waals surface area contributed by atoms with E-state index in [0.717, 1.165) is 0 Å². The minimum absolute atomic E-state index is 0.151. The van der Waals surface area contributed by atoms with Gasteiger partial charge < -0.3 is 9.30 Å². The molecule has 29 heavy (non-hydrogen) atoms. The zero-order valence-electron chi connectivity index (χ0n) is 17.9. The molecule has 4 heterocycles. The van der Waals surface area contributed by atoms with Crippen LogP contribution in [-0.2, 0) is 4.74 Å². The summed E-state index contributed by atoms with van der Waals surface area (Å²) < 4.78 is 11.4. The highest BCUT2D eigenvalue weighted by Crippen LogP contribution is 2.50. The molecule has 0 bridgehead atoms. The fourth-order valence-electron chi connectivity index (χ4n) is 5.41. The van der Waals surface area contributed by atoms with E-state index in [4.69, 9.17) is 9.73 Å². The van der Waals surface area contributed by atoms with Crippen LogP contribution in [0.1, 0.15) is 16.7 Å². The van der Waals surface area contributed by atoms with Crippen molar-refractivity contribution >= 4 is 47.6 Å². The Labute approximate surface area is 171 Å². The average molecular weight is 401 g/mol. The van der Waals surface area contributed by atoms with Gasteiger partial charge in [0.2, 0.25) is 0 Å². The first-order valence-corrected chi connectivity index (χ1v) is 13.9. The Bertz CT molecular complexity index is 1350. The third-order valence-electron chi connectivity index (χ3n) is 6.77. The van der Waals surface area contributed by atoms with Crippen LogP contribution in [0.25, 0.3) is 27.5 Å². The van der Waals surface area contributed by atoms with E-state index in [-0.39, 0.29) is 12.1 Å². The molecule has 0 radical (unpaired) electrons. The van der Waals surface area contributed by atoms with Gasteiger partial charge in [-0.25, -0.2) is 4.58 Å². The predicted molar refractivity (Wildman–Crippen MR) is 123 cm³/mol. The monoisotopic (exact) mass is 400 g/mol. The van der Waals surface area contributed by atoms with Crippen molar-refractivity contribution in [1.82, 2.24) is 4.57 Å². The maximum atomic E-state index is 6.62. The number of hydrogen-bond donors (Lipinski definition) is 0. The lowest BCUT2D eigenvalue weighted by molar-refractivity contribution is -0.366. The highest BCUT2D eigenvalue weighted by molar-refractivity contribution is 6.83. The SMILES string of the molecule is Cc1cc2c3ccccc3n3c2c(c1C)C1=[N+](C)C=NC2OC([Si](C)(C)C)=C3C12. The molecule has 0 amide bonds. The Morgan fingerprint density at radius 3 is 2.62 bits per heavy atom. The zero-order valence-corrected chi connectivity index (χ0v) is 18.9. The normalized spacial score (nSPS) is 22.7. The minimum Gasteiger partial charge on any atom is -0.455 e. The third-order valence-corrected chi connectivity index (χ3v) is 8.50. The predicted octanol–water partition coefficient (Wildman–Crippen LogP) is 4.92. The summed E-state index contributed by atoms with van der Waals surface area (Å²) in [6.07, 6.45) is 1.80. The van der Waals surface area contributed by atoms with Gasteiger partial charge in [0, 0.05) is 16.3 Å². The van der Waals surface area contributed by atoms with Gasteiger partial charge in [-0.15, -0.1) is 0 Å². The van der Waals surface area contributed by atoms with Crippen LogP contribution in [-0.4, -0.2) is 42.5 Å². The summed E-state index contributed by atoms with van der Waals surface area (Å²) in [5, 5.41) is 3.86. The molecule has 3 aliphatic heterocycles. The molecule has 0 aliphatic carbocycles. The second kappa shape index (κ2) is 5.28. The molecule has 3 aromatic rings. The molecular weight excluding hydrogens is 374 g/mol. The van der Waals surface area contributed by atoms with Gasteiger partial charge in [0.15, 0.2) is 0 Å². The van der Waals surface area contributed by atoms with E-state index in [0.29, 0.717) is 0 Å². The molecular formula is C24H26N3OSi+. The van der Waals surface area contributed by atoms with E-state index >= 15 is 0 Å². The smallest absolute Gasteiger partial charge is 0.293 e. The Morgan fingerprint density at radius 1 is 1.10 bits per heavy atom. The molecule has 6 rings (SSSR count). The van der Waals surface area contributed by atoms with Crippen molar-refractivity contribution in [3.63, 3.8) is 0 Å². The van der Waals surface area contributed by atoms with Gasteiger partial charge in [-0.2, -0.15) is 0 Å². The summed E-state index contributed by atoms with van der Waals surface area (Å²) in [4.78, 5) is 4.80. The second-order valence-electron chi connectivity index (χ2n) is 9.65. The van der Waals surface area contributed by atoms with Crippen LogP contribution in [0.2, 0.25) is 19.6 Å². The largest absolute Gasteiger partial charge is 0.455 e. The number of rotatable bonds is 1. The molecule has 0 fully saturated rings. The highest BCUT2D eigenvalue weighted by atomic mass is 28.3. The fraction of sp³-hybridized carbons (Fsp3) is 0.333. The van der Waals surface area contributed by atoms with Gasteiger partial charge in [-0.1, -0.05) is 37.8 Å². The van der Waals surface area contributed by atoms with Gasteiger partial charge in [-0.3, -0.25) is 0 Å². The van der Waals surface area contributed by atoms with Gasteiger partial charge in [0.05, 0.1) is 23.8 Å². The Hall–Kier alpha value is -2.66. The molecule has 2 aromatic carbocycles. The van der Waals surface area contributed by atoms with E-state index in [1.165, 1.54) is 55.3 Å². The number of aliphatic imine (C=N–C) groups is 1. The topological polar surface area (TPSA) is 29.5 Å². The number of aryl methyl sites for hydroxylation is 1. The van der Waals surface area contributed by atoms with Gasteiger partial charge >= 0.3 is 0 Å². The van der Waals surface area contributed by atoms with Crippen molar-refractivity contribution in [1.29, 1.82) is 0 Å². The van der Waals surface area contributed by atoms with Crippen LogP contribution >= 0.6 is 0 Å². The van der Waals surface area contributed by atoms with Crippen molar-refractivity contribution in [3.8, 4) is 0 Å². The quantitative estimate of drug-likeness (QED) is 0.421. The lowest BCUT2D eigenvalue weighted by atomic mass is 9.84. The molecule has 2 unspecified atom stereocenters. The summed E-state index contributed by atoms with van der Waals surface area (Å²) in [7, 11) is 0.424. The van der Waals surface area contributed by atoms with Crippen molar-refractivity contribution < 1.29 is 9.31 Å². The Balaban J connectivity index is 1.93. The maximum Gasteiger partial charge on any atom is 0.293 e. The van der Waals surface area contributed by atoms with Crippen LogP contribution in [0, 0.1) is 19.8 Å². The number of aromatic nitrogens is 1. The zero-order chi connectivity index (χ0) is 20.2. The van der Waals surface area contributed by atoms with Crippen LogP contribution < -0.4 is 0 Å². The Morgan fingerprint density at radius 2 is 1.86 bits per heavy atom. The van der Waals surface area contributed by atoms with Gasteiger partial charge in [0.25, 0.3) is 12.6 Å². The summed E-state index contributed by atoms with van der Waals surface area (Å²) >= 11 is 0. The minimum atomic E-state index is -1.71. The van der Waals surface area contributed by atoms with Crippen LogP contribution in [0.4, 0.5) is 0 Å². The third kappa shape index (κ3) is 1.99. The van der Waals surface area contributed by atoms with Crippen LogP contribution in [0.15, 0.2) is 40.7 Å². The first kappa shape index (κ1) is 17.2. The molecule has 1 aromatic heterocycles. The Kier molecular flexibility index (Phi) is 3.13. The van der Waals surface area contributed by atoms with Crippen molar-refractivity contribution in [2.24, 2.45) is 10.9 Å². The summed E-state index contributed by atoms with van der Waals surface area (Å²) in [6.45, 7) is 11.6. The first-order valence-electron chi connectivity index (χ1n) is 10.4. The first-order chi connectivity index (χ1) is 13.8.